The first-order valence-corrected chi connectivity index (χ1v) is 29.3. The number of carbonyl (C=O) groups is 4. The van der Waals surface area contributed by atoms with E-state index in [1.54, 1.807) is 24.3 Å². The Kier molecular flexibility index (Phi) is 37.0. The van der Waals surface area contributed by atoms with Crippen LogP contribution in [-0.4, -0.2) is 50.3 Å². The van der Waals surface area contributed by atoms with Gasteiger partial charge in [-0.05, 0) is 74.2 Å². The average molecular weight is 1080 g/mol. The molecule has 0 saturated heterocycles. The summed E-state index contributed by atoms with van der Waals surface area (Å²) in [6.07, 6.45) is 43.2. The van der Waals surface area contributed by atoms with E-state index in [1.807, 2.05) is 0 Å². The Morgan fingerprint density at radius 2 is 0.636 bits per heavy atom. The van der Waals surface area contributed by atoms with Gasteiger partial charge in [-0.1, -0.05) is 206 Å². The molecule has 0 bridgehead atoms. The fourth-order valence-corrected chi connectivity index (χ4v) is 8.96. The van der Waals surface area contributed by atoms with E-state index < -0.39 is 40.9 Å². The standard InChI is InChI=1S/C64H91F3O10/c1-3-58(68)74-49-37-33-29-25-21-17-13-9-5-7-11-15-19-23-27-31-35-47-72-54-43-39-52(40-44-54)63(70)76-57-51-56(65)62(61(67)60(57)66)77-64(71)53-41-45-55(46-42-53)73-48-36-32-28-24-20-16-12-8-6-10-14-18-22-26-30-34-38-50-75-59(69)4-2/h3-4,39-46,51H,1-2,5-38,47-50H2. The maximum atomic E-state index is 15.1. The number of carbonyl (C=O) groups excluding carboxylic acids is 4. The van der Waals surface area contributed by atoms with Crippen molar-refractivity contribution in [2.45, 2.75) is 218 Å². The van der Waals surface area contributed by atoms with E-state index >= 15 is 13.2 Å². The predicted molar refractivity (Wildman–Crippen MR) is 299 cm³/mol. The minimum Gasteiger partial charge on any atom is -0.494 e. The number of halogens is 3. The molecule has 0 amide bonds. The number of hydrogen-bond donors (Lipinski definition) is 0. The highest BCUT2D eigenvalue weighted by Gasteiger charge is 2.26. The summed E-state index contributed by atoms with van der Waals surface area (Å²) in [6.45, 7) is 8.80. The van der Waals surface area contributed by atoms with E-state index in [4.69, 9.17) is 28.4 Å². The summed E-state index contributed by atoms with van der Waals surface area (Å²) in [5.74, 6) is -8.92. The van der Waals surface area contributed by atoms with Crippen molar-refractivity contribution in [3.8, 4) is 23.0 Å². The predicted octanol–water partition coefficient (Wildman–Crippen LogP) is 18.0. The van der Waals surface area contributed by atoms with Gasteiger partial charge in [-0.15, -0.1) is 0 Å². The lowest BCUT2D eigenvalue weighted by Gasteiger charge is -2.12. The topological polar surface area (TPSA) is 124 Å². The zero-order valence-electron chi connectivity index (χ0n) is 46.4. The van der Waals surface area contributed by atoms with Gasteiger partial charge in [-0.3, -0.25) is 0 Å². The van der Waals surface area contributed by atoms with Gasteiger partial charge in [0.15, 0.2) is 11.6 Å². The zero-order chi connectivity index (χ0) is 55.4. The highest BCUT2D eigenvalue weighted by atomic mass is 19.2. The highest BCUT2D eigenvalue weighted by Crippen LogP contribution is 2.32. The quantitative estimate of drug-likeness (QED) is 0.0177. The molecule has 0 aliphatic rings. The molecule has 0 aliphatic carbocycles. The van der Waals surface area contributed by atoms with Crippen LogP contribution in [0, 0.1) is 17.5 Å². The molecule has 0 unspecified atom stereocenters. The van der Waals surface area contributed by atoms with Crippen molar-refractivity contribution in [1.82, 2.24) is 0 Å². The van der Waals surface area contributed by atoms with E-state index in [1.165, 1.54) is 191 Å². The molecule has 3 aromatic rings. The molecule has 0 aromatic heterocycles. The van der Waals surface area contributed by atoms with Crippen LogP contribution in [0.4, 0.5) is 13.2 Å². The van der Waals surface area contributed by atoms with Gasteiger partial charge < -0.3 is 28.4 Å². The van der Waals surface area contributed by atoms with Gasteiger partial charge >= 0.3 is 23.9 Å². The maximum Gasteiger partial charge on any atom is 0.343 e. The molecule has 0 atom stereocenters. The molecule has 0 spiro atoms. The third kappa shape index (κ3) is 31.4. The molecular weight excluding hydrogens is 986 g/mol. The number of hydrogen-bond acceptors (Lipinski definition) is 10. The van der Waals surface area contributed by atoms with Crippen molar-refractivity contribution in [3.63, 3.8) is 0 Å². The van der Waals surface area contributed by atoms with E-state index in [-0.39, 0.29) is 23.1 Å². The van der Waals surface area contributed by atoms with Gasteiger partial charge in [0.05, 0.1) is 37.6 Å². The molecule has 0 fully saturated rings. The van der Waals surface area contributed by atoms with Crippen LogP contribution in [0.5, 0.6) is 23.0 Å². The minimum atomic E-state index is -1.81. The van der Waals surface area contributed by atoms with Gasteiger partial charge in [-0.25, -0.2) is 23.6 Å². The lowest BCUT2D eigenvalue weighted by molar-refractivity contribution is -0.138. The smallest absolute Gasteiger partial charge is 0.343 e. The second-order valence-corrected chi connectivity index (χ2v) is 20.1. The van der Waals surface area contributed by atoms with E-state index in [0.717, 1.165) is 64.2 Å². The molecule has 0 heterocycles. The van der Waals surface area contributed by atoms with Crippen molar-refractivity contribution >= 4 is 23.9 Å². The number of ether oxygens (including phenoxy) is 6. The second kappa shape index (κ2) is 43.4. The van der Waals surface area contributed by atoms with Crippen molar-refractivity contribution in [1.29, 1.82) is 0 Å². The Hall–Kier alpha value is -5.59. The SMILES string of the molecule is C=CC(=O)OCCCCCCCCCCCCCCCCCCCOc1ccc(C(=O)Oc2cc(F)c(OC(=O)c3ccc(OCCCCCCCCCCCCCCCCCCCOC(=O)C=C)cc3)c(F)c2F)cc1. The molecule has 428 valence electrons. The summed E-state index contributed by atoms with van der Waals surface area (Å²) >= 11 is 0. The summed E-state index contributed by atoms with van der Waals surface area (Å²) in [6, 6.07) is 12.4. The lowest BCUT2D eigenvalue weighted by Crippen LogP contribution is -2.14. The molecule has 77 heavy (non-hydrogen) atoms. The van der Waals surface area contributed by atoms with Crippen LogP contribution in [0.2, 0.25) is 0 Å². The van der Waals surface area contributed by atoms with Gasteiger partial charge in [0.1, 0.15) is 11.5 Å². The second-order valence-electron chi connectivity index (χ2n) is 20.1. The molecule has 10 nitrogen and oxygen atoms in total. The van der Waals surface area contributed by atoms with Crippen LogP contribution in [0.3, 0.4) is 0 Å². The fraction of sp³-hybridized carbons (Fsp3) is 0.594. The molecule has 0 N–H and O–H groups in total. The Balaban J connectivity index is 1.17. The first-order chi connectivity index (χ1) is 37.6. The van der Waals surface area contributed by atoms with Crippen LogP contribution >= 0.6 is 0 Å². The van der Waals surface area contributed by atoms with Gasteiger partial charge in [0, 0.05) is 18.2 Å². The van der Waals surface area contributed by atoms with Gasteiger partial charge in [-0.2, -0.15) is 8.78 Å². The molecule has 3 rings (SSSR count). The maximum absolute atomic E-state index is 15.1. The van der Waals surface area contributed by atoms with E-state index in [0.29, 0.717) is 44.0 Å². The normalized spacial score (nSPS) is 11.0. The summed E-state index contributed by atoms with van der Waals surface area (Å²) in [4.78, 5) is 47.6. The van der Waals surface area contributed by atoms with Crippen LogP contribution in [0.25, 0.3) is 0 Å². The van der Waals surface area contributed by atoms with Crippen LogP contribution in [0.1, 0.15) is 239 Å². The largest absolute Gasteiger partial charge is 0.494 e. The molecule has 0 aliphatic heterocycles. The molecule has 0 radical (unpaired) electrons. The minimum absolute atomic E-state index is 0.0177. The molecular formula is C64H91F3O10. The Bertz CT molecular complexity index is 2090. The van der Waals surface area contributed by atoms with Crippen molar-refractivity contribution in [2.75, 3.05) is 26.4 Å². The van der Waals surface area contributed by atoms with Crippen molar-refractivity contribution in [3.05, 3.63) is 108 Å². The number of rotatable bonds is 48. The van der Waals surface area contributed by atoms with Crippen LogP contribution in [0.15, 0.2) is 79.9 Å². The van der Waals surface area contributed by atoms with Gasteiger partial charge in [0.25, 0.3) is 0 Å². The fourth-order valence-electron chi connectivity index (χ4n) is 8.96. The third-order valence-electron chi connectivity index (χ3n) is 13.6. The Labute approximate surface area is 459 Å². The van der Waals surface area contributed by atoms with Crippen LogP contribution in [-0.2, 0) is 19.1 Å². The zero-order valence-corrected chi connectivity index (χ0v) is 46.4. The lowest BCUT2D eigenvalue weighted by atomic mass is 10.0. The molecule has 13 heteroatoms. The van der Waals surface area contributed by atoms with Crippen molar-refractivity contribution in [2.24, 2.45) is 0 Å². The first kappa shape index (κ1) is 65.7. The summed E-state index contributed by atoms with van der Waals surface area (Å²) in [5, 5.41) is 0. The third-order valence-corrected chi connectivity index (χ3v) is 13.6. The number of esters is 4. The van der Waals surface area contributed by atoms with E-state index in [2.05, 4.69) is 13.2 Å². The highest BCUT2D eigenvalue weighted by molar-refractivity contribution is 5.92. The van der Waals surface area contributed by atoms with E-state index in [9.17, 15) is 19.2 Å². The monoisotopic (exact) mass is 1080 g/mol. The summed E-state index contributed by atoms with van der Waals surface area (Å²) < 4.78 is 76.7. The Morgan fingerprint density at radius 1 is 0.364 bits per heavy atom. The summed E-state index contributed by atoms with van der Waals surface area (Å²) in [5.41, 5.74) is -0.00729. The number of unbranched alkanes of at least 4 members (excludes halogenated alkanes) is 32. The molecule has 3 aromatic carbocycles. The molecule has 0 saturated carbocycles. The van der Waals surface area contributed by atoms with Crippen LogP contribution < -0.4 is 18.9 Å². The van der Waals surface area contributed by atoms with Gasteiger partial charge in [0.2, 0.25) is 17.4 Å². The summed E-state index contributed by atoms with van der Waals surface area (Å²) in [7, 11) is 0. The average Bonchev–Trinajstić information content (AvgIpc) is 3.44. The Morgan fingerprint density at radius 3 is 0.935 bits per heavy atom. The number of benzene rings is 3. The van der Waals surface area contributed by atoms with Crippen molar-refractivity contribution < 1.29 is 60.8 Å². The first-order valence-electron chi connectivity index (χ1n) is 29.3.